The van der Waals surface area contributed by atoms with Crippen molar-refractivity contribution >= 4 is 0 Å². The van der Waals surface area contributed by atoms with Crippen molar-refractivity contribution in [1.82, 2.24) is 14.9 Å². The van der Waals surface area contributed by atoms with Crippen LogP contribution in [-0.2, 0) is 13.1 Å². The molecule has 0 saturated carbocycles. The molecule has 0 aliphatic rings. The SMILES string of the molecule is Cc1ccc(-c2ccc(CNCC(C)Cn3ccnc3)o2)cc1. The first-order chi connectivity index (χ1) is 11.2. The predicted octanol–water partition coefficient (Wildman–Crippen LogP) is 3.88. The Balaban J connectivity index is 1.48. The van der Waals surface area contributed by atoms with Crippen molar-refractivity contribution in [1.29, 1.82) is 0 Å². The second-order valence-electron chi connectivity index (χ2n) is 6.13. The van der Waals surface area contributed by atoms with Crippen LogP contribution in [0.4, 0.5) is 0 Å². The normalized spacial score (nSPS) is 12.4. The number of hydrogen-bond acceptors (Lipinski definition) is 3. The monoisotopic (exact) mass is 309 g/mol. The minimum absolute atomic E-state index is 0.538. The van der Waals surface area contributed by atoms with Crippen LogP contribution in [0.15, 0.2) is 59.5 Å². The molecule has 0 fully saturated rings. The van der Waals surface area contributed by atoms with Crippen molar-refractivity contribution < 1.29 is 4.42 Å². The molecular formula is C19H23N3O. The summed E-state index contributed by atoms with van der Waals surface area (Å²) in [6, 6.07) is 12.5. The van der Waals surface area contributed by atoms with Gasteiger partial charge in [0.15, 0.2) is 0 Å². The van der Waals surface area contributed by atoms with E-state index in [4.69, 9.17) is 4.42 Å². The molecule has 0 aliphatic carbocycles. The number of rotatable bonds is 7. The van der Waals surface area contributed by atoms with Gasteiger partial charge in [-0.3, -0.25) is 0 Å². The van der Waals surface area contributed by atoms with E-state index in [1.807, 2.05) is 30.9 Å². The third-order valence-corrected chi connectivity index (χ3v) is 3.87. The molecule has 1 atom stereocenters. The Morgan fingerprint density at radius 2 is 2.00 bits per heavy atom. The van der Waals surface area contributed by atoms with E-state index in [0.29, 0.717) is 5.92 Å². The van der Waals surface area contributed by atoms with Crippen LogP contribution in [-0.4, -0.2) is 16.1 Å². The lowest BCUT2D eigenvalue weighted by Gasteiger charge is -2.12. The molecule has 0 saturated heterocycles. The molecule has 3 aromatic rings. The van der Waals surface area contributed by atoms with Crippen LogP contribution in [0.1, 0.15) is 18.2 Å². The van der Waals surface area contributed by atoms with Gasteiger partial charge in [0.05, 0.1) is 12.9 Å². The molecule has 2 heterocycles. The quantitative estimate of drug-likeness (QED) is 0.720. The van der Waals surface area contributed by atoms with Gasteiger partial charge in [0.1, 0.15) is 11.5 Å². The van der Waals surface area contributed by atoms with Crippen LogP contribution in [0.25, 0.3) is 11.3 Å². The van der Waals surface area contributed by atoms with Crippen molar-refractivity contribution in [3.8, 4) is 11.3 Å². The van der Waals surface area contributed by atoms with Crippen molar-refractivity contribution in [3.63, 3.8) is 0 Å². The third kappa shape index (κ3) is 4.33. The fourth-order valence-corrected chi connectivity index (χ4v) is 2.61. The molecule has 1 N–H and O–H groups in total. The Hall–Kier alpha value is -2.33. The molecular weight excluding hydrogens is 286 g/mol. The summed E-state index contributed by atoms with van der Waals surface area (Å²) >= 11 is 0. The molecule has 1 unspecified atom stereocenters. The maximum Gasteiger partial charge on any atom is 0.134 e. The zero-order valence-corrected chi connectivity index (χ0v) is 13.7. The van der Waals surface area contributed by atoms with Crippen LogP contribution in [0.5, 0.6) is 0 Å². The number of aromatic nitrogens is 2. The van der Waals surface area contributed by atoms with E-state index >= 15 is 0 Å². The summed E-state index contributed by atoms with van der Waals surface area (Å²) in [6.45, 7) is 6.98. The van der Waals surface area contributed by atoms with Gasteiger partial charge in [0, 0.05) is 24.5 Å². The van der Waals surface area contributed by atoms with E-state index in [9.17, 15) is 0 Å². The van der Waals surface area contributed by atoms with Crippen molar-refractivity contribution in [3.05, 3.63) is 66.4 Å². The van der Waals surface area contributed by atoms with Crippen molar-refractivity contribution in [2.75, 3.05) is 6.54 Å². The molecule has 3 rings (SSSR count). The van der Waals surface area contributed by atoms with Gasteiger partial charge in [0.2, 0.25) is 0 Å². The molecule has 0 amide bonds. The van der Waals surface area contributed by atoms with Crippen LogP contribution in [0, 0.1) is 12.8 Å². The van der Waals surface area contributed by atoms with E-state index in [0.717, 1.165) is 36.7 Å². The van der Waals surface area contributed by atoms with E-state index in [2.05, 4.69) is 53.0 Å². The van der Waals surface area contributed by atoms with E-state index in [1.165, 1.54) is 5.56 Å². The zero-order valence-electron chi connectivity index (χ0n) is 13.7. The van der Waals surface area contributed by atoms with Gasteiger partial charge < -0.3 is 14.3 Å². The molecule has 2 aromatic heterocycles. The van der Waals surface area contributed by atoms with Crippen molar-refractivity contribution in [2.24, 2.45) is 5.92 Å². The lowest BCUT2D eigenvalue weighted by Crippen LogP contribution is -2.23. The van der Waals surface area contributed by atoms with Gasteiger partial charge in [-0.25, -0.2) is 4.98 Å². The Morgan fingerprint density at radius 3 is 2.74 bits per heavy atom. The van der Waals surface area contributed by atoms with Gasteiger partial charge in [-0.15, -0.1) is 0 Å². The molecule has 1 aromatic carbocycles. The Labute approximate surface area is 137 Å². The maximum atomic E-state index is 5.92. The largest absolute Gasteiger partial charge is 0.460 e. The third-order valence-electron chi connectivity index (χ3n) is 3.87. The van der Waals surface area contributed by atoms with Gasteiger partial charge in [0.25, 0.3) is 0 Å². The molecule has 0 spiro atoms. The minimum Gasteiger partial charge on any atom is -0.460 e. The topological polar surface area (TPSA) is 43.0 Å². The highest BCUT2D eigenvalue weighted by Gasteiger charge is 2.06. The molecule has 0 bridgehead atoms. The Bertz CT molecular complexity index is 713. The molecule has 4 heteroatoms. The zero-order chi connectivity index (χ0) is 16.1. The highest BCUT2D eigenvalue weighted by Crippen LogP contribution is 2.22. The van der Waals surface area contributed by atoms with Gasteiger partial charge in [-0.1, -0.05) is 36.8 Å². The predicted molar refractivity (Wildman–Crippen MR) is 92.0 cm³/mol. The number of furan rings is 1. The van der Waals surface area contributed by atoms with Gasteiger partial charge >= 0.3 is 0 Å². The summed E-state index contributed by atoms with van der Waals surface area (Å²) in [6.07, 6.45) is 5.67. The number of hydrogen-bond donors (Lipinski definition) is 1. The molecule has 4 nitrogen and oxygen atoms in total. The highest BCUT2D eigenvalue weighted by atomic mass is 16.3. The summed E-state index contributed by atoms with van der Waals surface area (Å²) in [5.41, 5.74) is 2.38. The number of benzene rings is 1. The summed E-state index contributed by atoms with van der Waals surface area (Å²) in [4.78, 5) is 4.07. The second-order valence-corrected chi connectivity index (χ2v) is 6.13. The number of aryl methyl sites for hydroxylation is 1. The average Bonchev–Trinajstić information content (AvgIpc) is 3.20. The number of nitrogens with zero attached hydrogens (tertiary/aromatic N) is 2. The molecule has 23 heavy (non-hydrogen) atoms. The fourth-order valence-electron chi connectivity index (χ4n) is 2.61. The maximum absolute atomic E-state index is 5.92. The molecule has 120 valence electrons. The standard InChI is InChI=1S/C19H23N3O/c1-15-3-5-17(6-4-15)19-8-7-18(23-19)12-21-11-16(2)13-22-10-9-20-14-22/h3-10,14,16,21H,11-13H2,1-2H3. The lowest BCUT2D eigenvalue weighted by molar-refractivity contribution is 0.423. The van der Waals surface area contributed by atoms with Crippen LogP contribution in [0.3, 0.4) is 0 Å². The first-order valence-electron chi connectivity index (χ1n) is 8.03. The lowest BCUT2D eigenvalue weighted by atomic mass is 10.1. The second kappa shape index (κ2) is 7.29. The Kier molecular flexibility index (Phi) is 4.93. The summed E-state index contributed by atoms with van der Waals surface area (Å²) in [7, 11) is 0. The van der Waals surface area contributed by atoms with Gasteiger partial charge in [-0.05, 0) is 31.5 Å². The number of imidazole rings is 1. The van der Waals surface area contributed by atoms with Gasteiger partial charge in [-0.2, -0.15) is 0 Å². The Morgan fingerprint density at radius 1 is 1.17 bits per heavy atom. The summed E-state index contributed by atoms with van der Waals surface area (Å²) < 4.78 is 8.03. The summed E-state index contributed by atoms with van der Waals surface area (Å²) in [5, 5.41) is 3.46. The van der Waals surface area contributed by atoms with Crippen LogP contribution < -0.4 is 5.32 Å². The van der Waals surface area contributed by atoms with E-state index < -0.39 is 0 Å². The smallest absolute Gasteiger partial charge is 0.134 e. The molecule has 0 radical (unpaired) electrons. The van der Waals surface area contributed by atoms with E-state index in [1.54, 1.807) is 0 Å². The van der Waals surface area contributed by atoms with E-state index in [-0.39, 0.29) is 0 Å². The first-order valence-corrected chi connectivity index (χ1v) is 8.03. The van der Waals surface area contributed by atoms with Crippen LogP contribution >= 0.6 is 0 Å². The average molecular weight is 309 g/mol. The number of nitrogens with one attached hydrogen (secondary N) is 1. The van der Waals surface area contributed by atoms with Crippen LogP contribution in [0.2, 0.25) is 0 Å². The minimum atomic E-state index is 0.538. The van der Waals surface area contributed by atoms with Crippen molar-refractivity contribution in [2.45, 2.75) is 26.9 Å². The summed E-state index contributed by atoms with van der Waals surface area (Å²) in [5.74, 6) is 2.43. The highest BCUT2D eigenvalue weighted by molar-refractivity contribution is 5.57. The molecule has 0 aliphatic heterocycles. The first kappa shape index (κ1) is 15.6. The fraction of sp³-hybridized carbons (Fsp3) is 0.316.